The largest absolute Gasteiger partial charge is 0.388 e. The van der Waals surface area contributed by atoms with Crippen molar-refractivity contribution < 1.29 is 4.39 Å². The molecule has 0 saturated carbocycles. The Morgan fingerprint density at radius 2 is 1.84 bits per heavy atom. The van der Waals surface area contributed by atoms with Gasteiger partial charge in [-0.2, -0.15) is 0 Å². The molecule has 194 valence electrons. The Labute approximate surface area is 226 Å². The Bertz CT molecular complexity index is 1390. The lowest BCUT2D eigenvalue weighted by atomic mass is 9.97. The zero-order chi connectivity index (χ0) is 28.1. The van der Waals surface area contributed by atoms with Gasteiger partial charge in [0.1, 0.15) is 11.6 Å². The van der Waals surface area contributed by atoms with Crippen molar-refractivity contribution in [2.45, 2.75) is 20.3 Å². The van der Waals surface area contributed by atoms with Gasteiger partial charge in [0.15, 0.2) is 0 Å². The third-order valence-corrected chi connectivity index (χ3v) is 5.79. The summed E-state index contributed by atoms with van der Waals surface area (Å²) in [5, 5.41) is 6.39. The molecular formula is C33H35FN4. The van der Waals surface area contributed by atoms with Gasteiger partial charge in [0.05, 0.1) is 5.69 Å². The summed E-state index contributed by atoms with van der Waals surface area (Å²) in [4.78, 5) is 7.90. The van der Waals surface area contributed by atoms with Crippen molar-refractivity contribution in [3.63, 3.8) is 0 Å². The molecule has 1 aromatic heterocycles. The molecule has 0 aliphatic heterocycles. The molecule has 0 radical (unpaired) electrons. The molecule has 5 heteroatoms. The minimum Gasteiger partial charge on any atom is -0.388 e. The zero-order valence-electron chi connectivity index (χ0n) is 22.3. The number of hydrogen-bond acceptors (Lipinski definition) is 3. The molecule has 3 N–H and O–H groups in total. The first-order valence-corrected chi connectivity index (χ1v) is 12.1. The number of hydrogen-bond donors (Lipinski definition) is 3. The zero-order valence-corrected chi connectivity index (χ0v) is 22.3. The van der Waals surface area contributed by atoms with Crippen LogP contribution < -0.4 is 10.6 Å². The molecule has 3 rings (SSSR count). The molecule has 4 nitrogen and oxygen atoms in total. The van der Waals surface area contributed by atoms with E-state index in [1.807, 2.05) is 74.5 Å². The molecule has 3 aromatic rings. The molecule has 1 heterocycles. The molecule has 2 aromatic carbocycles. The predicted molar refractivity (Wildman–Crippen MR) is 162 cm³/mol. The van der Waals surface area contributed by atoms with Gasteiger partial charge in [-0.25, -0.2) is 9.37 Å². The van der Waals surface area contributed by atoms with Crippen LogP contribution in [0, 0.1) is 25.6 Å². The van der Waals surface area contributed by atoms with Gasteiger partial charge in [-0.3, -0.25) is 0 Å². The van der Waals surface area contributed by atoms with E-state index in [4.69, 9.17) is 0 Å². The predicted octanol–water partition coefficient (Wildman–Crippen LogP) is 7.67. The fourth-order valence-electron chi connectivity index (χ4n) is 3.88. The highest BCUT2D eigenvalue weighted by atomic mass is 19.1. The molecule has 0 bridgehead atoms. The summed E-state index contributed by atoms with van der Waals surface area (Å²) in [6.07, 6.45) is 19.2. The summed E-state index contributed by atoms with van der Waals surface area (Å²) in [6.45, 7) is 15.6. The van der Waals surface area contributed by atoms with Crippen LogP contribution in [-0.4, -0.2) is 17.0 Å². The van der Waals surface area contributed by atoms with Gasteiger partial charge in [0.2, 0.25) is 0 Å². The fourth-order valence-corrected chi connectivity index (χ4v) is 3.88. The van der Waals surface area contributed by atoms with Gasteiger partial charge in [0.25, 0.3) is 0 Å². The van der Waals surface area contributed by atoms with Gasteiger partial charge in [-0.1, -0.05) is 68.3 Å². The van der Waals surface area contributed by atoms with E-state index in [9.17, 15) is 0 Å². The highest BCUT2D eigenvalue weighted by Crippen LogP contribution is 2.30. The molecule has 0 unspecified atom stereocenters. The van der Waals surface area contributed by atoms with Crippen molar-refractivity contribution >= 4 is 23.0 Å². The quantitative estimate of drug-likeness (QED) is 0.185. The molecule has 0 saturated heterocycles. The molecular weight excluding hydrogens is 471 g/mol. The lowest BCUT2D eigenvalue weighted by molar-refractivity contribution is 0.609. The van der Waals surface area contributed by atoms with Gasteiger partial charge < -0.3 is 15.6 Å². The van der Waals surface area contributed by atoms with E-state index in [0.29, 0.717) is 29.1 Å². The average Bonchev–Trinajstić information content (AvgIpc) is 3.31. The number of aryl methyl sites for hydroxylation is 1. The van der Waals surface area contributed by atoms with Crippen molar-refractivity contribution in [3.8, 4) is 12.8 Å². The Morgan fingerprint density at radius 1 is 1.13 bits per heavy atom. The maximum Gasteiger partial charge on any atom is 0.136 e. The maximum atomic E-state index is 16.0. The number of aromatic nitrogens is 2. The highest BCUT2D eigenvalue weighted by molar-refractivity contribution is 5.78. The number of nitrogens with one attached hydrogen (secondary N) is 3. The van der Waals surface area contributed by atoms with Crippen LogP contribution in [0.3, 0.4) is 0 Å². The van der Waals surface area contributed by atoms with Crippen molar-refractivity contribution in [1.82, 2.24) is 15.3 Å². The average molecular weight is 507 g/mol. The number of rotatable bonds is 11. The van der Waals surface area contributed by atoms with Crippen LogP contribution in [0.4, 0.5) is 10.1 Å². The summed E-state index contributed by atoms with van der Waals surface area (Å²) >= 11 is 0. The summed E-state index contributed by atoms with van der Waals surface area (Å²) < 4.78 is 16.0. The minimum atomic E-state index is -0.297. The van der Waals surface area contributed by atoms with Crippen molar-refractivity contribution in [2.75, 3.05) is 12.4 Å². The molecule has 0 spiro atoms. The second-order valence-electron chi connectivity index (χ2n) is 8.19. The number of nitrogens with zero attached hydrogens (tertiary/aromatic N) is 1. The van der Waals surface area contributed by atoms with Crippen LogP contribution in [0.25, 0.3) is 17.3 Å². The smallest absolute Gasteiger partial charge is 0.136 e. The number of H-pyrrole nitrogens is 1. The second kappa shape index (κ2) is 14.7. The van der Waals surface area contributed by atoms with E-state index in [1.165, 1.54) is 0 Å². The Kier molecular flexibility index (Phi) is 11.4. The lowest BCUT2D eigenvalue weighted by Crippen LogP contribution is -2.10. The van der Waals surface area contributed by atoms with Crippen LogP contribution in [-0.2, 0) is 6.42 Å². The number of imidazole rings is 1. The fraction of sp³-hybridized carbons (Fsp3) is 0.121. The number of terminal acetylenes is 1. The normalized spacial score (nSPS) is 11.4. The van der Waals surface area contributed by atoms with Crippen LogP contribution in [0.5, 0.6) is 0 Å². The monoisotopic (exact) mass is 506 g/mol. The maximum absolute atomic E-state index is 16.0. The van der Waals surface area contributed by atoms with Crippen LogP contribution in [0.1, 0.15) is 40.8 Å². The molecule has 0 fully saturated rings. The first-order valence-electron chi connectivity index (χ1n) is 12.1. The van der Waals surface area contributed by atoms with E-state index in [1.54, 1.807) is 25.3 Å². The van der Waals surface area contributed by atoms with E-state index in [-0.39, 0.29) is 5.82 Å². The SMILES string of the molecule is C#C.C=C/C=C\c1nc(Cc2c(NC)ccc(C(/C=C(\C=C)NC(=C)c3ccccc3)=C/C)c2F)[nH]c1C. The standard InChI is InChI=1S/C31H33FN4.C2H2/c1-7-10-16-28-22(5)35-30(36-28)20-27-29(33-6)18-17-26(31(27)32)23(8-2)19-25(9-3)34-21(4)24-14-12-11-13-15-24;1-2/h7-19,33-34H,1,3-4,20H2,2,5-6H3,(H,35,36);1-2H/b16-10-,23-8+,25-19+;. The first-order chi connectivity index (χ1) is 18.4. The minimum absolute atomic E-state index is 0.297. The van der Waals surface area contributed by atoms with Crippen molar-refractivity contribution in [2.24, 2.45) is 0 Å². The Hall–Kier alpha value is -4.82. The molecule has 0 atom stereocenters. The molecule has 0 aliphatic carbocycles. The summed E-state index contributed by atoms with van der Waals surface area (Å²) in [7, 11) is 1.79. The van der Waals surface area contributed by atoms with E-state index in [0.717, 1.165) is 33.9 Å². The summed E-state index contributed by atoms with van der Waals surface area (Å²) in [5.74, 6) is 0.391. The van der Waals surface area contributed by atoms with E-state index < -0.39 is 0 Å². The van der Waals surface area contributed by atoms with Crippen molar-refractivity contribution in [1.29, 1.82) is 0 Å². The lowest BCUT2D eigenvalue weighted by Gasteiger charge is -2.15. The number of aromatic amines is 1. The van der Waals surface area contributed by atoms with Gasteiger partial charge >= 0.3 is 0 Å². The van der Waals surface area contributed by atoms with Gasteiger partial charge in [0, 0.05) is 47.4 Å². The molecule has 38 heavy (non-hydrogen) atoms. The molecule has 0 amide bonds. The van der Waals surface area contributed by atoms with Gasteiger partial charge in [-0.05, 0) is 55.3 Å². The number of halogens is 1. The number of anilines is 1. The first kappa shape index (κ1) is 29.4. The Morgan fingerprint density at radius 3 is 2.45 bits per heavy atom. The summed E-state index contributed by atoms with van der Waals surface area (Å²) in [6, 6.07) is 13.5. The van der Waals surface area contributed by atoms with E-state index in [2.05, 4.69) is 53.2 Å². The number of allylic oxidation sites excluding steroid dienone is 6. The summed E-state index contributed by atoms with van der Waals surface area (Å²) in [5.41, 5.74) is 6.63. The Balaban J connectivity index is 0.00000247. The van der Waals surface area contributed by atoms with Crippen molar-refractivity contribution in [3.05, 3.63) is 138 Å². The topological polar surface area (TPSA) is 52.7 Å². The van der Waals surface area contributed by atoms with Crippen LogP contribution in [0.15, 0.2) is 98.3 Å². The van der Waals surface area contributed by atoms with E-state index >= 15 is 4.39 Å². The molecule has 0 aliphatic rings. The van der Waals surface area contributed by atoms with Crippen LogP contribution >= 0.6 is 0 Å². The highest BCUT2D eigenvalue weighted by Gasteiger charge is 2.17. The third-order valence-electron chi connectivity index (χ3n) is 5.79. The van der Waals surface area contributed by atoms with Crippen LogP contribution in [0.2, 0.25) is 0 Å². The number of benzene rings is 2. The second-order valence-corrected chi connectivity index (χ2v) is 8.19. The van der Waals surface area contributed by atoms with Gasteiger partial charge in [-0.15, -0.1) is 12.8 Å². The third kappa shape index (κ3) is 7.35.